The fourth-order valence-corrected chi connectivity index (χ4v) is 11.8. The molecule has 0 aliphatic heterocycles. The molecule has 1 radical (unpaired) electrons. The molecule has 7 heteroatoms. The number of benzene rings is 4. The number of nitrogens with zero attached hydrogens (tertiary/aromatic N) is 4. The Morgan fingerprint density at radius 3 is 2.13 bits per heavy atom. The fraction of sp³-hybridized carbons (Fsp3) is 0.271. The van der Waals surface area contributed by atoms with E-state index in [1.54, 1.807) is 12.4 Å². The second-order valence-electron chi connectivity index (χ2n) is 16.3. The van der Waals surface area contributed by atoms with Crippen LogP contribution in [-0.2, 0) is 26.5 Å². The zero-order valence-corrected chi connectivity index (χ0v) is 38.7. The van der Waals surface area contributed by atoms with Crippen molar-refractivity contribution in [2.75, 3.05) is 0 Å². The predicted octanol–water partition coefficient (Wildman–Crippen LogP) is 12.8. The van der Waals surface area contributed by atoms with Crippen molar-refractivity contribution in [2.45, 2.75) is 77.1 Å². The topological polar surface area (TPSA) is 43.6 Å². The van der Waals surface area contributed by atoms with Crippen LogP contribution >= 0.6 is 11.3 Å². The third kappa shape index (κ3) is 8.58. The van der Waals surface area contributed by atoms with Crippen molar-refractivity contribution in [2.24, 2.45) is 5.92 Å². The molecule has 0 saturated carbocycles. The van der Waals surface area contributed by atoms with Crippen LogP contribution in [-0.4, -0.2) is 32.8 Å². The Balaban J connectivity index is 0.000000211. The van der Waals surface area contributed by atoms with Crippen LogP contribution in [0.25, 0.3) is 59.5 Å². The Morgan fingerprint density at radius 2 is 1.45 bits per heavy atom. The molecule has 0 unspecified atom stereocenters. The minimum atomic E-state index is -1.87. The Kier molecular flexibility index (Phi) is 12.6. The summed E-state index contributed by atoms with van der Waals surface area (Å²) in [5, 5.41) is 2.57. The first-order chi connectivity index (χ1) is 25.9. The number of pyridine rings is 2. The summed E-state index contributed by atoms with van der Waals surface area (Å²) in [5.74, 6) is 9.70. The summed E-state index contributed by atoms with van der Waals surface area (Å²) in [6, 6.07) is 39.2. The number of para-hydroxylation sites is 3. The van der Waals surface area contributed by atoms with Crippen LogP contribution in [0.2, 0.25) is 17.3 Å². The largest absolute Gasteiger partial charge is 0.333 e. The van der Waals surface area contributed by atoms with Crippen molar-refractivity contribution in [1.82, 2.24) is 19.5 Å². The molecule has 4 aromatic carbocycles. The van der Waals surface area contributed by atoms with Gasteiger partial charge < -0.3 is 4.57 Å². The van der Waals surface area contributed by atoms with Crippen molar-refractivity contribution in [3.05, 3.63) is 138 Å². The monoisotopic (exact) mass is 981 g/mol. The van der Waals surface area contributed by atoms with E-state index >= 15 is 0 Å². The Bertz CT molecular complexity index is 2540. The second kappa shape index (κ2) is 17.1. The third-order valence-electron chi connectivity index (χ3n) is 10.0. The second-order valence-corrected chi connectivity index (χ2v) is 28.0. The summed E-state index contributed by atoms with van der Waals surface area (Å²) in [4.78, 5) is 13.9. The molecular weight excluding hydrogens is 929 g/mol. The number of hydrogen-bond acceptors (Lipinski definition) is 4. The van der Waals surface area contributed by atoms with Crippen LogP contribution in [0, 0.1) is 18.1 Å². The van der Waals surface area contributed by atoms with Gasteiger partial charge in [-0.05, 0) is 51.2 Å². The van der Waals surface area contributed by atoms with Crippen LogP contribution in [0.5, 0.6) is 0 Å². The first-order valence-electron chi connectivity index (χ1n) is 19.2. The molecule has 0 atom stereocenters. The molecule has 4 nitrogen and oxygen atoms in total. The number of hydrogen-bond donors (Lipinski definition) is 0. The molecule has 0 amide bonds. The van der Waals surface area contributed by atoms with E-state index < -0.39 is 13.3 Å². The molecule has 0 fully saturated rings. The summed E-state index contributed by atoms with van der Waals surface area (Å²) in [5.41, 5.74) is 10.6. The number of imidazole rings is 1. The molecule has 0 aliphatic rings. The molecule has 55 heavy (non-hydrogen) atoms. The van der Waals surface area contributed by atoms with E-state index in [1.165, 1.54) is 46.9 Å². The summed E-state index contributed by atoms with van der Waals surface area (Å²) >= 11 is -0.0449. The quantitative estimate of drug-likeness (QED) is 0.113. The van der Waals surface area contributed by atoms with E-state index in [-0.39, 0.29) is 20.1 Å². The zero-order valence-electron chi connectivity index (χ0n) is 33.4. The minimum Gasteiger partial charge on any atom is -0.333 e. The van der Waals surface area contributed by atoms with Gasteiger partial charge in [0.2, 0.25) is 0 Å². The third-order valence-corrected chi connectivity index (χ3v) is 15.5. The molecule has 0 aliphatic carbocycles. The SMILES string of the molecule is CC(C)Cc1cc(-c2[c-]cncc2)nc[c]1[Ge]([CH3])([CH3])[CH3].CC(C)c1cccc(C(C)C)c1-n1c(-c2[c-]cc3sc4ccccc4c3c2)nc2ccccc21.[Ir]. The van der Waals surface area contributed by atoms with Crippen LogP contribution in [0.3, 0.4) is 0 Å². The van der Waals surface area contributed by atoms with Crippen molar-refractivity contribution in [3.8, 4) is 28.3 Å². The summed E-state index contributed by atoms with van der Waals surface area (Å²) < 4.78 is 6.48. The van der Waals surface area contributed by atoms with Crippen LogP contribution in [0.15, 0.2) is 110 Å². The summed E-state index contributed by atoms with van der Waals surface area (Å²) in [6.45, 7) is 13.7. The van der Waals surface area contributed by atoms with Crippen molar-refractivity contribution >= 4 is 60.2 Å². The van der Waals surface area contributed by atoms with Gasteiger partial charge in [0.25, 0.3) is 0 Å². The zero-order chi connectivity index (χ0) is 38.1. The van der Waals surface area contributed by atoms with Gasteiger partial charge in [-0.1, -0.05) is 81.6 Å². The maximum absolute atomic E-state index is 5.17. The summed E-state index contributed by atoms with van der Waals surface area (Å²) in [6.07, 6.45) is 6.74. The van der Waals surface area contributed by atoms with Gasteiger partial charge in [0.1, 0.15) is 0 Å². The van der Waals surface area contributed by atoms with Gasteiger partial charge in [-0.15, -0.1) is 23.8 Å². The van der Waals surface area contributed by atoms with Crippen LogP contribution in [0.1, 0.15) is 70.1 Å². The molecule has 4 heterocycles. The minimum absolute atomic E-state index is 0. The van der Waals surface area contributed by atoms with Crippen LogP contribution < -0.4 is 4.40 Å². The molecule has 0 spiro atoms. The van der Waals surface area contributed by atoms with Gasteiger partial charge in [0, 0.05) is 30.5 Å². The van der Waals surface area contributed by atoms with E-state index in [4.69, 9.17) is 4.98 Å². The number of rotatable bonds is 8. The number of aromatic nitrogens is 4. The number of thiophene rings is 1. The van der Waals surface area contributed by atoms with Crippen LogP contribution in [0.4, 0.5) is 0 Å². The predicted molar refractivity (Wildman–Crippen MR) is 234 cm³/mol. The molecule has 0 bridgehead atoms. The Hall–Kier alpha value is -3.94. The smallest absolute Gasteiger partial charge is 0.0774 e. The van der Waals surface area contributed by atoms with E-state index in [0.717, 1.165) is 40.1 Å². The average molecular weight is 980 g/mol. The molecule has 0 saturated heterocycles. The summed E-state index contributed by atoms with van der Waals surface area (Å²) in [7, 11) is 0. The Morgan fingerprint density at radius 1 is 0.745 bits per heavy atom. The van der Waals surface area contributed by atoms with Gasteiger partial charge >= 0.3 is 125 Å². The molecular formula is C48H50GeIrN4S-2. The first kappa shape index (κ1) is 40.7. The van der Waals surface area contributed by atoms with Crippen molar-refractivity contribution in [3.63, 3.8) is 0 Å². The maximum atomic E-state index is 5.17. The molecule has 4 aromatic heterocycles. The van der Waals surface area contributed by atoms with Gasteiger partial charge in [-0.3, -0.25) is 4.98 Å². The van der Waals surface area contributed by atoms with E-state index in [2.05, 4.69) is 177 Å². The van der Waals surface area contributed by atoms with E-state index in [9.17, 15) is 0 Å². The van der Waals surface area contributed by atoms with Crippen molar-refractivity contribution < 1.29 is 20.1 Å². The van der Waals surface area contributed by atoms with E-state index in [0.29, 0.717) is 17.8 Å². The first-order valence-corrected chi connectivity index (χ1v) is 27.3. The molecule has 8 aromatic rings. The van der Waals surface area contributed by atoms with Crippen molar-refractivity contribution in [1.29, 1.82) is 0 Å². The molecule has 8 rings (SSSR count). The van der Waals surface area contributed by atoms with Gasteiger partial charge in [-0.2, -0.15) is 11.3 Å². The average Bonchev–Trinajstić information content (AvgIpc) is 3.72. The molecule has 283 valence electrons. The number of fused-ring (bicyclic) bond motifs is 4. The van der Waals surface area contributed by atoms with Gasteiger partial charge in [-0.25, -0.2) is 0 Å². The Labute approximate surface area is 347 Å². The standard InChI is InChI=1S/C31H27N2S.C17H23GeN2.Ir/c1-19(2)22-11-9-12-23(20(3)4)30(22)33-27-14-7-6-13-26(27)32-31(33)21-16-17-29-25(18-21)24-10-5-8-15-28(24)34-29;1-13(2)10-15-11-17(14-6-8-19-9-7-14)20-12-16(15)18(3,4)5;/h5-15,17-20H,1-4H3;6,8-9,11-13H,10H2,1-5H3;/q2*-1;. The van der Waals surface area contributed by atoms with Gasteiger partial charge in [0.05, 0.1) is 16.9 Å². The normalized spacial score (nSPS) is 11.8. The van der Waals surface area contributed by atoms with E-state index in [1.807, 2.05) is 17.4 Å². The fourth-order valence-electron chi connectivity index (χ4n) is 7.41. The van der Waals surface area contributed by atoms with Gasteiger partial charge in [0.15, 0.2) is 0 Å². The maximum Gasteiger partial charge on any atom is 0.0774 e. The molecule has 0 N–H and O–H groups in total.